The van der Waals surface area contributed by atoms with Crippen molar-refractivity contribution in [3.8, 4) is 5.75 Å². The lowest BCUT2D eigenvalue weighted by Crippen LogP contribution is -2.20. The molecule has 0 aromatic heterocycles. The van der Waals surface area contributed by atoms with Crippen molar-refractivity contribution in [2.45, 2.75) is 40.2 Å². The fraction of sp³-hybridized carbons (Fsp3) is 0.500. The van der Waals surface area contributed by atoms with Crippen LogP contribution in [0.2, 0.25) is 0 Å². The lowest BCUT2D eigenvalue weighted by molar-refractivity contribution is 0.344. The highest BCUT2D eigenvalue weighted by Gasteiger charge is 2.11. The molecule has 0 spiro atoms. The Balaban J connectivity index is 2.84. The van der Waals surface area contributed by atoms with Crippen LogP contribution in [0.15, 0.2) is 29.3 Å². The van der Waals surface area contributed by atoms with E-state index in [-0.39, 0.29) is 6.04 Å². The summed E-state index contributed by atoms with van der Waals surface area (Å²) in [5, 5.41) is 3.50. The molecule has 1 aromatic carbocycles. The monoisotopic (exact) mass is 281 g/mol. The van der Waals surface area contributed by atoms with Gasteiger partial charge in [-0.3, -0.25) is 0 Å². The Morgan fingerprint density at radius 3 is 2.84 bits per heavy atom. The van der Waals surface area contributed by atoms with Gasteiger partial charge in [-0.25, -0.2) is 0 Å². The highest BCUT2D eigenvalue weighted by Crippen LogP contribution is 2.26. The van der Waals surface area contributed by atoms with E-state index < -0.39 is 0 Å². The molecule has 0 saturated heterocycles. The van der Waals surface area contributed by atoms with Gasteiger partial charge in [-0.1, -0.05) is 36.2 Å². The minimum atomic E-state index is 0.287. The molecule has 2 nitrogen and oxygen atoms in total. The van der Waals surface area contributed by atoms with Gasteiger partial charge in [0.25, 0.3) is 0 Å². The zero-order valence-corrected chi connectivity index (χ0v) is 13.1. The number of hydrogen-bond acceptors (Lipinski definition) is 2. The van der Waals surface area contributed by atoms with Crippen LogP contribution in [-0.4, -0.2) is 13.2 Å². The van der Waals surface area contributed by atoms with Crippen molar-refractivity contribution in [2.24, 2.45) is 0 Å². The molecule has 0 fully saturated rings. The molecule has 1 N–H and O–H groups in total. The van der Waals surface area contributed by atoms with E-state index in [2.05, 4.69) is 38.2 Å². The third-order valence-electron chi connectivity index (χ3n) is 2.97. The summed E-state index contributed by atoms with van der Waals surface area (Å²) >= 11 is 5.66. The third-order valence-corrected chi connectivity index (χ3v) is 3.35. The maximum Gasteiger partial charge on any atom is 0.124 e. The summed E-state index contributed by atoms with van der Waals surface area (Å²) in [4.78, 5) is 0. The Bertz CT molecular complexity index is 429. The number of hydrogen-bond donors (Lipinski definition) is 1. The molecule has 0 bridgehead atoms. The molecule has 1 atom stereocenters. The van der Waals surface area contributed by atoms with Crippen LogP contribution in [0.1, 0.15) is 44.4 Å². The molecule has 1 aromatic rings. The van der Waals surface area contributed by atoms with Gasteiger partial charge in [-0.2, -0.15) is 0 Å². The molecular formula is C16H24ClNO. The largest absolute Gasteiger partial charge is 0.489 e. The van der Waals surface area contributed by atoms with Crippen molar-refractivity contribution >= 4 is 11.6 Å². The standard InChI is InChI=1S/C16H24ClNO/c1-5-8-18-14(4)15-9-12(2)6-7-16(15)19-11-13(3)10-17/h6-7,9-10,14,18H,5,8,11H2,1-4H3/b13-10+. The average molecular weight is 282 g/mol. The van der Waals surface area contributed by atoms with Crippen molar-refractivity contribution in [1.82, 2.24) is 5.32 Å². The van der Waals surface area contributed by atoms with Gasteiger partial charge in [-0.15, -0.1) is 0 Å². The third kappa shape index (κ3) is 5.25. The van der Waals surface area contributed by atoms with Gasteiger partial charge < -0.3 is 10.1 Å². The molecule has 0 radical (unpaired) electrons. The first-order valence-corrected chi connectivity index (χ1v) is 7.24. The van der Waals surface area contributed by atoms with Gasteiger partial charge in [0.15, 0.2) is 0 Å². The van der Waals surface area contributed by atoms with Crippen LogP contribution in [0.4, 0.5) is 0 Å². The van der Waals surface area contributed by atoms with Crippen molar-refractivity contribution in [2.75, 3.05) is 13.2 Å². The van der Waals surface area contributed by atoms with E-state index >= 15 is 0 Å². The SMILES string of the molecule is CCCNC(C)c1cc(C)ccc1OC/C(C)=C/Cl. The normalized spacial score (nSPS) is 13.4. The summed E-state index contributed by atoms with van der Waals surface area (Å²) in [7, 11) is 0. The van der Waals surface area contributed by atoms with E-state index in [1.54, 1.807) is 5.54 Å². The van der Waals surface area contributed by atoms with Gasteiger partial charge in [0.2, 0.25) is 0 Å². The predicted molar refractivity (Wildman–Crippen MR) is 83.0 cm³/mol. The quantitative estimate of drug-likeness (QED) is 0.790. The Hall–Kier alpha value is -0.990. The average Bonchev–Trinajstić information content (AvgIpc) is 2.42. The van der Waals surface area contributed by atoms with Crippen LogP contribution in [0.25, 0.3) is 0 Å². The molecule has 3 heteroatoms. The van der Waals surface area contributed by atoms with Gasteiger partial charge in [0.1, 0.15) is 12.4 Å². The van der Waals surface area contributed by atoms with E-state index in [0.29, 0.717) is 6.61 Å². The van der Waals surface area contributed by atoms with Gasteiger partial charge in [0, 0.05) is 17.1 Å². The highest BCUT2D eigenvalue weighted by atomic mass is 35.5. The molecule has 0 aliphatic carbocycles. The highest BCUT2D eigenvalue weighted by molar-refractivity contribution is 6.25. The first-order valence-electron chi connectivity index (χ1n) is 6.81. The first-order chi connectivity index (χ1) is 9.08. The summed E-state index contributed by atoms with van der Waals surface area (Å²) in [5.74, 6) is 0.930. The maximum atomic E-state index is 5.85. The molecule has 1 unspecified atom stereocenters. The molecule has 19 heavy (non-hydrogen) atoms. The van der Waals surface area contributed by atoms with E-state index in [4.69, 9.17) is 16.3 Å². The number of ether oxygens (including phenoxy) is 1. The van der Waals surface area contributed by atoms with Gasteiger partial charge in [-0.05, 0) is 45.4 Å². The van der Waals surface area contributed by atoms with E-state index in [0.717, 1.165) is 24.3 Å². The fourth-order valence-electron chi connectivity index (χ4n) is 1.83. The number of benzene rings is 1. The Morgan fingerprint density at radius 1 is 1.47 bits per heavy atom. The predicted octanol–water partition coefficient (Wildman–Crippen LogP) is 4.58. The molecule has 0 saturated carbocycles. The second kappa shape index (κ2) is 8.23. The van der Waals surface area contributed by atoms with E-state index in [1.807, 2.05) is 13.0 Å². The molecule has 1 rings (SSSR count). The minimum absolute atomic E-state index is 0.287. The van der Waals surface area contributed by atoms with Crippen LogP contribution in [0, 0.1) is 6.92 Å². The smallest absolute Gasteiger partial charge is 0.124 e. The summed E-state index contributed by atoms with van der Waals surface area (Å²) in [6.07, 6.45) is 1.13. The second-order valence-electron chi connectivity index (χ2n) is 4.96. The zero-order valence-electron chi connectivity index (χ0n) is 12.3. The van der Waals surface area contributed by atoms with Crippen molar-refractivity contribution < 1.29 is 4.74 Å². The molecule has 0 aliphatic heterocycles. The Morgan fingerprint density at radius 2 is 2.21 bits per heavy atom. The maximum absolute atomic E-state index is 5.85. The van der Waals surface area contributed by atoms with Crippen molar-refractivity contribution in [3.05, 3.63) is 40.4 Å². The molecular weight excluding hydrogens is 258 g/mol. The van der Waals surface area contributed by atoms with E-state index in [1.165, 1.54) is 11.1 Å². The summed E-state index contributed by atoms with van der Waals surface area (Å²) in [5.41, 5.74) is 5.03. The minimum Gasteiger partial charge on any atom is -0.489 e. The lowest BCUT2D eigenvalue weighted by Gasteiger charge is -2.19. The van der Waals surface area contributed by atoms with Crippen molar-refractivity contribution in [1.29, 1.82) is 0 Å². The van der Waals surface area contributed by atoms with Crippen LogP contribution in [0.5, 0.6) is 5.75 Å². The van der Waals surface area contributed by atoms with E-state index in [9.17, 15) is 0 Å². The summed E-state index contributed by atoms with van der Waals surface area (Å²) in [6.45, 7) is 9.93. The summed E-state index contributed by atoms with van der Waals surface area (Å²) < 4.78 is 5.85. The molecule has 0 heterocycles. The van der Waals surface area contributed by atoms with Crippen molar-refractivity contribution in [3.63, 3.8) is 0 Å². The first kappa shape index (κ1) is 16.1. The molecule has 106 valence electrons. The fourth-order valence-corrected chi connectivity index (χ4v) is 1.89. The number of rotatable bonds is 7. The topological polar surface area (TPSA) is 21.3 Å². The number of aryl methyl sites for hydroxylation is 1. The van der Waals surface area contributed by atoms with Crippen LogP contribution < -0.4 is 10.1 Å². The second-order valence-corrected chi connectivity index (χ2v) is 5.18. The van der Waals surface area contributed by atoms with Gasteiger partial charge >= 0.3 is 0 Å². The lowest BCUT2D eigenvalue weighted by atomic mass is 10.0. The van der Waals surface area contributed by atoms with Crippen LogP contribution in [0.3, 0.4) is 0 Å². The summed E-state index contributed by atoms with van der Waals surface area (Å²) in [6, 6.07) is 6.58. The molecule has 0 aliphatic rings. The van der Waals surface area contributed by atoms with Crippen LogP contribution >= 0.6 is 11.6 Å². The zero-order chi connectivity index (χ0) is 14.3. The Kier molecular flexibility index (Phi) is 6.96. The molecule has 0 amide bonds. The van der Waals surface area contributed by atoms with Crippen LogP contribution in [-0.2, 0) is 0 Å². The number of halogens is 1. The van der Waals surface area contributed by atoms with Gasteiger partial charge in [0.05, 0.1) is 0 Å². The Labute approximate surface area is 121 Å². The number of nitrogens with one attached hydrogen (secondary N) is 1.